The topological polar surface area (TPSA) is 77.1 Å². The van der Waals surface area contributed by atoms with Crippen molar-refractivity contribution in [3.63, 3.8) is 0 Å². The van der Waals surface area contributed by atoms with E-state index in [1.54, 1.807) is 41.3 Å². The Morgan fingerprint density at radius 3 is 2.55 bits per heavy atom. The van der Waals surface area contributed by atoms with Gasteiger partial charge in [0.1, 0.15) is 5.75 Å². The van der Waals surface area contributed by atoms with E-state index >= 15 is 0 Å². The maximum absolute atomic E-state index is 13.2. The number of hydrogen-bond donors (Lipinski definition) is 1. The lowest BCUT2D eigenvalue weighted by atomic mass is 10.1. The highest BCUT2D eigenvalue weighted by molar-refractivity contribution is 8.27. The number of carbonyl (C=O) groups excluding carboxylic acids is 2. The summed E-state index contributed by atoms with van der Waals surface area (Å²) in [6.07, 6.45) is 1.77. The van der Waals surface area contributed by atoms with Crippen molar-refractivity contribution < 1.29 is 23.8 Å². The van der Waals surface area contributed by atoms with Gasteiger partial charge in [-0.2, -0.15) is 0 Å². The molecule has 0 saturated carbocycles. The van der Waals surface area contributed by atoms with Gasteiger partial charge in [0.25, 0.3) is 11.8 Å². The zero-order chi connectivity index (χ0) is 27.2. The fourth-order valence-electron chi connectivity index (χ4n) is 3.96. The Balaban J connectivity index is 1.46. The molecule has 0 spiro atoms. The third-order valence-electron chi connectivity index (χ3n) is 5.69. The van der Waals surface area contributed by atoms with Gasteiger partial charge in [-0.25, -0.2) is 0 Å². The monoisotopic (exact) mass is 548 g/mol. The molecule has 3 aromatic carbocycles. The molecular weight excluding hydrogens is 520 g/mol. The first-order valence-corrected chi connectivity index (χ1v) is 13.2. The molecule has 0 radical (unpaired) electrons. The number of rotatable bonds is 9. The van der Waals surface area contributed by atoms with Gasteiger partial charge in [-0.15, -0.1) is 0 Å². The quantitative estimate of drug-likeness (QED) is 0.254. The van der Waals surface area contributed by atoms with E-state index < -0.39 is 0 Å². The van der Waals surface area contributed by atoms with E-state index in [2.05, 4.69) is 5.32 Å². The van der Waals surface area contributed by atoms with Gasteiger partial charge in [0.2, 0.25) is 0 Å². The van der Waals surface area contributed by atoms with Crippen LogP contribution in [0.1, 0.15) is 23.6 Å². The second-order valence-corrected chi connectivity index (χ2v) is 10.2. The van der Waals surface area contributed by atoms with Gasteiger partial charge >= 0.3 is 0 Å². The van der Waals surface area contributed by atoms with Crippen molar-refractivity contribution in [3.8, 4) is 17.2 Å². The van der Waals surface area contributed by atoms with Gasteiger partial charge in [-0.3, -0.25) is 14.5 Å². The standard InChI is InChI=1S/C29H28N2O5S2/c1-5-35-23-9-7-6-8-21(23)30-27(32)17-36-24-13-11-20(15-25(24)34-4)16-26-28(33)31(29(37)38-26)22-12-10-18(2)14-19(22)3/h6-16H,5,17H2,1-4H3,(H,30,32)/b26-16-. The predicted molar refractivity (Wildman–Crippen MR) is 156 cm³/mol. The molecule has 0 bridgehead atoms. The summed E-state index contributed by atoms with van der Waals surface area (Å²) in [6, 6.07) is 18.4. The molecule has 9 heteroatoms. The predicted octanol–water partition coefficient (Wildman–Crippen LogP) is 6.13. The lowest BCUT2D eigenvalue weighted by Gasteiger charge is -2.17. The summed E-state index contributed by atoms with van der Waals surface area (Å²) in [5.74, 6) is 0.925. The van der Waals surface area contributed by atoms with Gasteiger partial charge in [-0.1, -0.05) is 59.9 Å². The molecule has 1 aliphatic heterocycles. The van der Waals surface area contributed by atoms with Crippen LogP contribution in [-0.4, -0.2) is 36.5 Å². The highest BCUT2D eigenvalue weighted by atomic mass is 32.2. The summed E-state index contributed by atoms with van der Waals surface area (Å²) in [6.45, 7) is 6.12. The first-order chi connectivity index (χ1) is 18.3. The number of aryl methyl sites for hydroxylation is 2. The number of carbonyl (C=O) groups is 2. The van der Waals surface area contributed by atoms with Gasteiger partial charge < -0.3 is 19.5 Å². The normalized spacial score (nSPS) is 14.1. The van der Waals surface area contributed by atoms with Crippen LogP contribution in [0.25, 0.3) is 6.08 Å². The third-order valence-corrected chi connectivity index (χ3v) is 6.99. The summed E-state index contributed by atoms with van der Waals surface area (Å²) >= 11 is 6.78. The van der Waals surface area contributed by atoms with E-state index in [9.17, 15) is 9.59 Å². The van der Waals surface area contributed by atoms with Crippen molar-refractivity contribution in [2.45, 2.75) is 20.8 Å². The van der Waals surface area contributed by atoms with E-state index in [4.69, 9.17) is 26.4 Å². The Kier molecular flexibility index (Phi) is 8.70. The van der Waals surface area contributed by atoms with Crippen LogP contribution < -0.4 is 24.4 Å². The molecule has 0 atom stereocenters. The molecule has 1 heterocycles. The summed E-state index contributed by atoms with van der Waals surface area (Å²) in [5.41, 5.74) is 4.20. The van der Waals surface area contributed by atoms with E-state index in [-0.39, 0.29) is 18.4 Å². The Morgan fingerprint density at radius 1 is 1.03 bits per heavy atom. The average molecular weight is 549 g/mol. The number of amides is 2. The van der Waals surface area contributed by atoms with Gasteiger partial charge in [0.15, 0.2) is 22.4 Å². The number of para-hydroxylation sites is 2. The number of benzene rings is 3. The fourth-order valence-corrected chi connectivity index (χ4v) is 5.24. The van der Waals surface area contributed by atoms with Crippen molar-refractivity contribution in [2.24, 2.45) is 0 Å². The summed E-state index contributed by atoms with van der Waals surface area (Å²) in [5, 5.41) is 2.80. The van der Waals surface area contributed by atoms with Crippen LogP contribution in [0.2, 0.25) is 0 Å². The van der Waals surface area contributed by atoms with Crippen LogP contribution >= 0.6 is 24.0 Å². The van der Waals surface area contributed by atoms with Crippen LogP contribution in [0, 0.1) is 13.8 Å². The molecule has 1 saturated heterocycles. The van der Waals surface area contributed by atoms with Crippen LogP contribution in [0.15, 0.2) is 65.6 Å². The van der Waals surface area contributed by atoms with E-state index in [0.717, 1.165) is 22.4 Å². The zero-order valence-corrected chi connectivity index (χ0v) is 23.2. The zero-order valence-electron chi connectivity index (χ0n) is 21.6. The molecule has 7 nitrogen and oxygen atoms in total. The minimum atomic E-state index is -0.335. The number of anilines is 2. The number of methoxy groups -OCH3 is 1. The largest absolute Gasteiger partial charge is 0.493 e. The summed E-state index contributed by atoms with van der Waals surface area (Å²) in [4.78, 5) is 27.8. The molecule has 0 aromatic heterocycles. The number of ether oxygens (including phenoxy) is 3. The molecule has 3 aromatic rings. The second-order valence-electron chi connectivity index (χ2n) is 8.48. The van der Waals surface area contributed by atoms with Crippen LogP contribution in [-0.2, 0) is 9.59 Å². The van der Waals surface area contributed by atoms with Crippen molar-refractivity contribution in [1.82, 2.24) is 0 Å². The number of nitrogens with one attached hydrogen (secondary N) is 1. The average Bonchev–Trinajstić information content (AvgIpc) is 3.16. The highest BCUT2D eigenvalue weighted by Crippen LogP contribution is 2.38. The van der Waals surface area contributed by atoms with Crippen molar-refractivity contribution in [1.29, 1.82) is 0 Å². The van der Waals surface area contributed by atoms with Crippen LogP contribution in [0.4, 0.5) is 11.4 Å². The molecule has 2 amide bonds. The SMILES string of the molecule is CCOc1ccccc1NC(=O)COc1ccc(/C=C2\SC(=S)N(c3ccc(C)cc3C)C2=O)cc1OC. The maximum atomic E-state index is 13.2. The molecule has 196 valence electrons. The lowest BCUT2D eigenvalue weighted by molar-refractivity contribution is -0.118. The Hall–Kier alpha value is -3.82. The van der Waals surface area contributed by atoms with Gasteiger partial charge in [-0.05, 0) is 68.3 Å². The fraction of sp³-hybridized carbons (Fsp3) is 0.207. The summed E-state index contributed by atoms with van der Waals surface area (Å²) in [7, 11) is 1.52. The number of nitrogens with zero attached hydrogens (tertiary/aromatic N) is 1. The van der Waals surface area contributed by atoms with Crippen LogP contribution in [0.5, 0.6) is 17.2 Å². The van der Waals surface area contributed by atoms with Crippen molar-refractivity contribution in [2.75, 3.05) is 30.5 Å². The Morgan fingerprint density at radius 2 is 1.82 bits per heavy atom. The number of thiocarbonyl (C=S) groups is 1. The molecule has 1 aliphatic rings. The molecule has 1 fully saturated rings. The van der Waals surface area contributed by atoms with Crippen LogP contribution in [0.3, 0.4) is 0 Å². The van der Waals surface area contributed by atoms with E-state index in [1.807, 2.05) is 51.1 Å². The minimum Gasteiger partial charge on any atom is -0.493 e. The highest BCUT2D eigenvalue weighted by Gasteiger charge is 2.34. The first kappa shape index (κ1) is 27.2. The number of thioether (sulfide) groups is 1. The first-order valence-electron chi connectivity index (χ1n) is 12.0. The third kappa shape index (κ3) is 6.17. The van der Waals surface area contributed by atoms with Crippen molar-refractivity contribution >= 4 is 57.6 Å². The van der Waals surface area contributed by atoms with Gasteiger partial charge in [0, 0.05) is 0 Å². The smallest absolute Gasteiger partial charge is 0.270 e. The minimum absolute atomic E-state index is 0.171. The van der Waals surface area contributed by atoms with E-state index in [0.29, 0.717) is 38.8 Å². The summed E-state index contributed by atoms with van der Waals surface area (Å²) < 4.78 is 17.2. The van der Waals surface area contributed by atoms with Crippen molar-refractivity contribution in [3.05, 3.63) is 82.3 Å². The lowest BCUT2D eigenvalue weighted by Crippen LogP contribution is -2.28. The number of hydrogen-bond acceptors (Lipinski definition) is 7. The molecule has 38 heavy (non-hydrogen) atoms. The van der Waals surface area contributed by atoms with E-state index in [1.165, 1.54) is 18.9 Å². The Labute approximate surface area is 231 Å². The molecule has 0 aliphatic carbocycles. The second kappa shape index (κ2) is 12.1. The molecule has 1 N–H and O–H groups in total. The molecule has 4 rings (SSSR count). The molecular formula is C29H28N2O5S2. The molecule has 0 unspecified atom stereocenters. The van der Waals surface area contributed by atoms with Gasteiger partial charge in [0.05, 0.1) is 30.0 Å². The Bertz CT molecular complexity index is 1420. The maximum Gasteiger partial charge on any atom is 0.270 e.